The van der Waals surface area contributed by atoms with E-state index >= 15 is 0 Å². The maximum Gasteiger partial charge on any atom is 0.444 e. The highest BCUT2D eigenvalue weighted by Gasteiger charge is 2.57. The van der Waals surface area contributed by atoms with Crippen molar-refractivity contribution in [3.63, 3.8) is 0 Å². The van der Waals surface area contributed by atoms with Gasteiger partial charge in [-0.25, -0.2) is 9.18 Å². The summed E-state index contributed by atoms with van der Waals surface area (Å²) in [6.07, 6.45) is 2.47. The number of carbonyl (C=O) groups excluding carboxylic acids is 1. The number of amides is 1. The SMILES string of the molecule is CC1(c2ccncc2F)OC(SN)=[N+](c2ccccc2)C1=O. The highest BCUT2D eigenvalue weighted by Crippen LogP contribution is 2.37. The van der Waals surface area contributed by atoms with Crippen molar-refractivity contribution >= 4 is 28.8 Å². The third kappa shape index (κ3) is 2.18. The molecule has 0 aliphatic carbocycles. The fourth-order valence-electron chi connectivity index (χ4n) is 2.37. The lowest BCUT2D eigenvalue weighted by Gasteiger charge is -2.17. The van der Waals surface area contributed by atoms with Crippen LogP contribution in [0.25, 0.3) is 0 Å². The molecule has 5 nitrogen and oxygen atoms in total. The van der Waals surface area contributed by atoms with E-state index in [0.717, 1.165) is 18.1 Å². The number of ether oxygens (including phenoxy) is 1. The van der Waals surface area contributed by atoms with Crippen molar-refractivity contribution in [3.05, 3.63) is 60.2 Å². The van der Waals surface area contributed by atoms with E-state index in [4.69, 9.17) is 9.88 Å². The zero-order valence-electron chi connectivity index (χ0n) is 11.7. The summed E-state index contributed by atoms with van der Waals surface area (Å²) in [4.78, 5) is 16.6. The van der Waals surface area contributed by atoms with Crippen molar-refractivity contribution in [2.45, 2.75) is 12.5 Å². The first-order chi connectivity index (χ1) is 10.6. The average Bonchev–Trinajstić information content (AvgIpc) is 2.81. The van der Waals surface area contributed by atoms with Crippen LogP contribution in [-0.2, 0) is 15.1 Å². The molecule has 1 unspecified atom stereocenters. The Balaban J connectivity index is 2.11. The molecule has 2 N–H and O–H groups in total. The summed E-state index contributed by atoms with van der Waals surface area (Å²) in [7, 11) is 0. The van der Waals surface area contributed by atoms with Gasteiger partial charge in [0, 0.05) is 23.9 Å². The van der Waals surface area contributed by atoms with E-state index in [1.807, 2.05) is 6.07 Å². The minimum atomic E-state index is -1.48. The highest BCUT2D eigenvalue weighted by atomic mass is 32.2. The van der Waals surface area contributed by atoms with Crippen LogP contribution in [0.5, 0.6) is 0 Å². The summed E-state index contributed by atoms with van der Waals surface area (Å²) >= 11 is 0.803. The number of hydrogen-bond donors (Lipinski definition) is 1. The standard InChI is InChI=1S/C15H13FN3O2S/c1-15(11-7-8-18-9-12(11)16)13(20)19(14(21-15)22-17)10-5-3-2-4-6-10/h2-9H,17H2,1H3/q+1. The van der Waals surface area contributed by atoms with Crippen LogP contribution in [0.4, 0.5) is 10.1 Å². The number of benzene rings is 1. The van der Waals surface area contributed by atoms with Gasteiger partial charge in [0.15, 0.2) is 0 Å². The number of halogens is 1. The van der Waals surface area contributed by atoms with Crippen LogP contribution in [0, 0.1) is 5.82 Å². The molecule has 112 valence electrons. The molecule has 3 rings (SSSR count). The predicted molar refractivity (Wildman–Crippen MR) is 80.8 cm³/mol. The largest absolute Gasteiger partial charge is 0.444 e. The Bertz CT molecular complexity index is 766. The number of rotatable bonds is 2. The quantitative estimate of drug-likeness (QED) is 0.680. The third-order valence-corrected chi connectivity index (χ3v) is 3.95. The number of carbonyl (C=O) groups is 1. The molecule has 0 radical (unpaired) electrons. The molecule has 7 heteroatoms. The van der Waals surface area contributed by atoms with E-state index in [9.17, 15) is 9.18 Å². The maximum atomic E-state index is 14.1. The second-order valence-corrected chi connectivity index (χ2v) is 5.44. The van der Waals surface area contributed by atoms with E-state index in [-0.39, 0.29) is 10.8 Å². The first-order valence-electron chi connectivity index (χ1n) is 6.50. The van der Waals surface area contributed by atoms with Gasteiger partial charge in [-0.15, -0.1) is 0 Å². The fourth-order valence-corrected chi connectivity index (χ4v) is 2.88. The van der Waals surface area contributed by atoms with Gasteiger partial charge >= 0.3 is 11.1 Å². The van der Waals surface area contributed by atoms with Crippen molar-refractivity contribution in [2.24, 2.45) is 5.14 Å². The molecule has 0 spiro atoms. The molecule has 1 amide bonds. The zero-order chi connectivity index (χ0) is 15.7. The van der Waals surface area contributed by atoms with Crippen molar-refractivity contribution in [1.29, 1.82) is 0 Å². The van der Waals surface area contributed by atoms with Crippen molar-refractivity contribution < 1.29 is 18.5 Å². The number of aromatic nitrogens is 1. The molecule has 0 saturated carbocycles. The molecule has 1 aliphatic rings. The molecule has 2 heterocycles. The van der Waals surface area contributed by atoms with Crippen molar-refractivity contribution in [1.82, 2.24) is 4.98 Å². The molecule has 1 aromatic heterocycles. The lowest BCUT2D eigenvalue weighted by Crippen LogP contribution is -2.35. The van der Waals surface area contributed by atoms with Gasteiger partial charge in [0.2, 0.25) is 5.69 Å². The number of nitrogens with two attached hydrogens (primary N) is 1. The Morgan fingerprint density at radius 1 is 1.32 bits per heavy atom. The number of para-hydroxylation sites is 1. The van der Waals surface area contributed by atoms with Crippen LogP contribution in [0.1, 0.15) is 12.5 Å². The first-order valence-corrected chi connectivity index (χ1v) is 7.38. The van der Waals surface area contributed by atoms with Gasteiger partial charge in [-0.05, 0) is 13.0 Å². The minimum Gasteiger partial charge on any atom is -0.411 e. The number of pyridine rings is 1. The lowest BCUT2D eigenvalue weighted by molar-refractivity contribution is -0.362. The van der Waals surface area contributed by atoms with Crippen LogP contribution in [0.15, 0.2) is 48.8 Å². The van der Waals surface area contributed by atoms with Gasteiger partial charge in [-0.2, -0.15) is 0 Å². The van der Waals surface area contributed by atoms with E-state index in [2.05, 4.69) is 4.98 Å². The zero-order valence-corrected chi connectivity index (χ0v) is 12.5. The molecule has 2 aromatic rings. The summed E-state index contributed by atoms with van der Waals surface area (Å²) in [6.45, 7) is 1.52. The fraction of sp³-hybridized carbons (Fsp3) is 0.133. The summed E-state index contributed by atoms with van der Waals surface area (Å²) in [5, 5.41) is 5.82. The summed E-state index contributed by atoms with van der Waals surface area (Å²) in [5.74, 6) is -1.01. The first kappa shape index (κ1) is 14.7. The van der Waals surface area contributed by atoms with Crippen LogP contribution in [0.3, 0.4) is 0 Å². The Kier molecular flexibility index (Phi) is 3.67. The topological polar surface area (TPSA) is 68.2 Å². The van der Waals surface area contributed by atoms with Crippen LogP contribution in [-0.4, -0.2) is 20.7 Å². The van der Waals surface area contributed by atoms with Gasteiger partial charge in [0.05, 0.1) is 18.1 Å². The number of hydrogen-bond acceptors (Lipinski definition) is 5. The van der Waals surface area contributed by atoms with E-state index in [0.29, 0.717) is 5.69 Å². The Hall–Kier alpha value is -2.25. The van der Waals surface area contributed by atoms with E-state index in [1.165, 1.54) is 23.8 Å². The molecule has 1 atom stereocenters. The minimum absolute atomic E-state index is 0.123. The van der Waals surface area contributed by atoms with E-state index in [1.54, 1.807) is 24.3 Å². The normalized spacial score (nSPS) is 21.1. The van der Waals surface area contributed by atoms with Crippen LogP contribution >= 0.6 is 11.9 Å². The molecular weight excluding hydrogens is 305 g/mol. The van der Waals surface area contributed by atoms with Crippen molar-refractivity contribution in [3.8, 4) is 0 Å². The molecule has 0 saturated heterocycles. The van der Waals surface area contributed by atoms with E-state index < -0.39 is 17.3 Å². The highest BCUT2D eigenvalue weighted by molar-refractivity contribution is 8.11. The van der Waals surface area contributed by atoms with Crippen LogP contribution in [0.2, 0.25) is 0 Å². The second kappa shape index (κ2) is 5.51. The van der Waals surface area contributed by atoms with Gasteiger partial charge in [-0.3, -0.25) is 10.1 Å². The molecular formula is C15H13FN3O2S+. The number of nitrogens with zero attached hydrogens (tertiary/aromatic N) is 2. The summed E-state index contributed by atoms with van der Waals surface area (Å²) in [5.41, 5.74) is -0.749. The Morgan fingerprint density at radius 2 is 2.05 bits per heavy atom. The molecule has 0 bridgehead atoms. The van der Waals surface area contributed by atoms with Gasteiger partial charge in [-0.1, -0.05) is 22.8 Å². The third-order valence-electron chi connectivity index (χ3n) is 3.49. The molecule has 1 aliphatic heterocycles. The van der Waals surface area contributed by atoms with Gasteiger partial charge < -0.3 is 4.74 Å². The Morgan fingerprint density at radius 3 is 2.68 bits per heavy atom. The molecule has 0 fully saturated rings. The lowest BCUT2D eigenvalue weighted by atomic mass is 9.95. The maximum absolute atomic E-state index is 14.1. The van der Waals surface area contributed by atoms with Gasteiger partial charge in [0.25, 0.3) is 5.60 Å². The van der Waals surface area contributed by atoms with Gasteiger partial charge in [0.1, 0.15) is 5.82 Å². The summed E-state index contributed by atoms with van der Waals surface area (Å²) in [6, 6.07) is 10.4. The average molecular weight is 318 g/mol. The smallest absolute Gasteiger partial charge is 0.411 e. The second-order valence-electron chi connectivity index (χ2n) is 4.85. The summed E-state index contributed by atoms with van der Waals surface area (Å²) < 4.78 is 21.1. The predicted octanol–water partition coefficient (Wildman–Crippen LogP) is 2.30. The molecule has 22 heavy (non-hydrogen) atoms. The monoisotopic (exact) mass is 318 g/mol. The molecule has 1 aromatic carbocycles. The Labute approximate surface area is 130 Å². The van der Waals surface area contributed by atoms with Crippen molar-refractivity contribution in [2.75, 3.05) is 0 Å². The van der Waals surface area contributed by atoms with Crippen LogP contribution < -0.4 is 5.14 Å².